The van der Waals surface area contributed by atoms with Crippen molar-refractivity contribution in [1.82, 2.24) is 10.6 Å². The fourth-order valence-electron chi connectivity index (χ4n) is 2.84. The van der Waals surface area contributed by atoms with Crippen molar-refractivity contribution in [3.05, 3.63) is 35.4 Å². The monoisotopic (exact) mass is 322 g/mol. The normalized spacial score (nSPS) is 14.2. The number of hydrogen-bond donors (Lipinski definition) is 4. The minimum absolute atomic E-state index is 0.0537. The Bertz CT molecular complexity index is 578. The topological polar surface area (TPSA) is 98.7 Å². The first-order valence-corrected chi connectivity index (χ1v) is 7.58. The lowest BCUT2D eigenvalue weighted by molar-refractivity contribution is 0.111. The van der Waals surface area contributed by atoms with Crippen LogP contribution in [-0.4, -0.2) is 28.9 Å². The molecule has 1 rings (SSSR count). The Morgan fingerprint density at radius 1 is 1.09 bits per heavy atom. The molecule has 0 aliphatic heterocycles. The Morgan fingerprint density at radius 2 is 1.65 bits per heavy atom. The average Bonchev–Trinajstić information content (AvgIpc) is 2.41. The lowest BCUT2D eigenvalue weighted by atomic mass is 9.67. The zero-order valence-corrected chi connectivity index (χ0v) is 14.3. The highest BCUT2D eigenvalue weighted by Gasteiger charge is 2.46. The number of benzene rings is 1. The number of carboxylic acid groups (broad SMARTS) is 2. The fraction of sp³-hybridized carbons (Fsp3) is 0.529. The number of nitrogens with one attached hydrogen (secondary N) is 2. The molecular formula is C17H26N2O4. The molecule has 4 N–H and O–H groups in total. The second kappa shape index (κ2) is 6.89. The van der Waals surface area contributed by atoms with E-state index in [0.29, 0.717) is 0 Å². The van der Waals surface area contributed by atoms with E-state index >= 15 is 0 Å². The third-order valence-corrected chi connectivity index (χ3v) is 4.15. The number of hydrogen-bond acceptors (Lipinski definition) is 2. The van der Waals surface area contributed by atoms with Crippen molar-refractivity contribution >= 4 is 12.2 Å². The smallest absolute Gasteiger partial charge is 0.405 e. The molecule has 0 radical (unpaired) electrons. The molecule has 0 fully saturated rings. The van der Waals surface area contributed by atoms with Crippen LogP contribution >= 0.6 is 0 Å². The van der Waals surface area contributed by atoms with Gasteiger partial charge in [0, 0.05) is 6.54 Å². The summed E-state index contributed by atoms with van der Waals surface area (Å²) in [5, 5.41) is 23.3. The molecule has 1 unspecified atom stereocenters. The van der Waals surface area contributed by atoms with Gasteiger partial charge in [0.25, 0.3) is 0 Å². The van der Waals surface area contributed by atoms with Crippen LogP contribution in [0.15, 0.2) is 24.3 Å². The van der Waals surface area contributed by atoms with Crippen molar-refractivity contribution in [2.75, 3.05) is 6.54 Å². The molecular weight excluding hydrogens is 296 g/mol. The van der Waals surface area contributed by atoms with Crippen LogP contribution in [0.1, 0.15) is 51.7 Å². The summed E-state index contributed by atoms with van der Waals surface area (Å²) in [6.07, 6.45) is -2.38. The molecule has 1 aromatic carbocycles. The number of amides is 2. The Kier molecular flexibility index (Phi) is 5.64. The predicted molar refractivity (Wildman–Crippen MR) is 88.9 cm³/mol. The van der Waals surface area contributed by atoms with Gasteiger partial charge >= 0.3 is 12.2 Å². The van der Waals surface area contributed by atoms with Gasteiger partial charge in [-0.05, 0) is 22.5 Å². The molecule has 0 saturated carbocycles. The Balaban J connectivity index is 3.60. The first-order valence-electron chi connectivity index (χ1n) is 7.58. The Hall–Kier alpha value is -2.24. The molecule has 23 heavy (non-hydrogen) atoms. The minimum Gasteiger partial charge on any atom is -0.465 e. The number of carbonyl (C=O) groups is 2. The van der Waals surface area contributed by atoms with E-state index in [0.717, 1.165) is 11.1 Å². The van der Waals surface area contributed by atoms with Crippen LogP contribution in [0.5, 0.6) is 0 Å². The molecule has 0 aromatic heterocycles. The lowest BCUT2D eigenvalue weighted by Gasteiger charge is -2.46. The summed E-state index contributed by atoms with van der Waals surface area (Å²) >= 11 is 0. The van der Waals surface area contributed by atoms with E-state index in [1.807, 2.05) is 58.9 Å². The van der Waals surface area contributed by atoms with Crippen molar-refractivity contribution in [2.24, 2.45) is 5.41 Å². The molecule has 0 saturated heterocycles. The molecule has 6 nitrogen and oxygen atoms in total. The molecule has 1 aromatic rings. The second-order valence-corrected chi connectivity index (χ2v) is 6.99. The van der Waals surface area contributed by atoms with E-state index in [1.54, 1.807) is 0 Å². The van der Waals surface area contributed by atoms with Crippen LogP contribution in [0.3, 0.4) is 0 Å². The van der Waals surface area contributed by atoms with Crippen LogP contribution in [-0.2, 0) is 5.54 Å². The highest BCUT2D eigenvalue weighted by atomic mass is 16.4. The van der Waals surface area contributed by atoms with Gasteiger partial charge in [-0.3, -0.25) is 0 Å². The first-order chi connectivity index (χ1) is 10.5. The van der Waals surface area contributed by atoms with Gasteiger partial charge in [-0.1, -0.05) is 58.9 Å². The van der Waals surface area contributed by atoms with Crippen molar-refractivity contribution in [1.29, 1.82) is 0 Å². The van der Waals surface area contributed by atoms with Gasteiger partial charge in [-0.2, -0.15) is 0 Å². The van der Waals surface area contributed by atoms with Gasteiger partial charge < -0.3 is 20.8 Å². The summed E-state index contributed by atoms with van der Waals surface area (Å²) in [7, 11) is 0. The molecule has 128 valence electrons. The van der Waals surface area contributed by atoms with E-state index < -0.39 is 23.1 Å². The SMILES string of the molecule is CC(C)c1ccccc1C(CNC(=O)O)(NC(=O)O)C(C)(C)C. The summed E-state index contributed by atoms with van der Waals surface area (Å²) in [6, 6.07) is 7.55. The zero-order valence-electron chi connectivity index (χ0n) is 14.3. The van der Waals surface area contributed by atoms with Gasteiger partial charge in [0.15, 0.2) is 0 Å². The summed E-state index contributed by atoms with van der Waals surface area (Å²) in [5.74, 6) is 0.174. The van der Waals surface area contributed by atoms with Crippen molar-refractivity contribution in [3.63, 3.8) is 0 Å². The van der Waals surface area contributed by atoms with Crippen LogP contribution < -0.4 is 10.6 Å². The quantitative estimate of drug-likeness (QED) is 0.666. The van der Waals surface area contributed by atoms with E-state index in [9.17, 15) is 14.7 Å². The van der Waals surface area contributed by atoms with Gasteiger partial charge in [0.2, 0.25) is 0 Å². The minimum atomic E-state index is -1.19. The maximum absolute atomic E-state index is 11.5. The summed E-state index contributed by atoms with van der Waals surface area (Å²) in [5.41, 5.74) is 0.138. The maximum Gasteiger partial charge on any atom is 0.405 e. The molecule has 2 amide bonds. The van der Waals surface area contributed by atoms with Crippen LogP contribution in [0.4, 0.5) is 9.59 Å². The van der Waals surface area contributed by atoms with E-state index in [1.165, 1.54) is 0 Å². The Labute approximate surface area is 136 Å². The first kappa shape index (κ1) is 18.8. The number of rotatable bonds is 5. The van der Waals surface area contributed by atoms with Gasteiger partial charge in [0.05, 0.1) is 5.54 Å². The molecule has 1 atom stereocenters. The highest BCUT2D eigenvalue weighted by Crippen LogP contribution is 2.42. The third-order valence-electron chi connectivity index (χ3n) is 4.15. The van der Waals surface area contributed by atoms with E-state index in [-0.39, 0.29) is 12.5 Å². The summed E-state index contributed by atoms with van der Waals surface area (Å²) in [4.78, 5) is 22.5. The third kappa shape index (κ3) is 4.15. The van der Waals surface area contributed by atoms with Crippen molar-refractivity contribution in [2.45, 2.75) is 46.1 Å². The highest BCUT2D eigenvalue weighted by molar-refractivity contribution is 5.68. The standard InChI is InChI=1S/C17H26N2O4/c1-11(2)12-8-6-7-9-13(12)17(16(3,4)5,19-15(22)23)10-18-14(20)21/h6-9,11,18-19H,10H2,1-5H3,(H,20,21)(H,22,23). The maximum atomic E-state index is 11.5. The average molecular weight is 322 g/mol. The molecule has 0 aliphatic rings. The van der Waals surface area contributed by atoms with Crippen LogP contribution in [0.2, 0.25) is 0 Å². The van der Waals surface area contributed by atoms with E-state index in [4.69, 9.17) is 5.11 Å². The second-order valence-electron chi connectivity index (χ2n) is 6.99. The zero-order chi connectivity index (χ0) is 17.8. The fourth-order valence-corrected chi connectivity index (χ4v) is 2.84. The molecule has 0 spiro atoms. The predicted octanol–water partition coefficient (Wildman–Crippen LogP) is 3.59. The van der Waals surface area contributed by atoms with Gasteiger partial charge in [-0.25, -0.2) is 9.59 Å². The van der Waals surface area contributed by atoms with Gasteiger partial charge in [-0.15, -0.1) is 0 Å². The molecule has 0 bridgehead atoms. The lowest BCUT2D eigenvalue weighted by Crippen LogP contribution is -2.60. The van der Waals surface area contributed by atoms with Crippen LogP contribution in [0.25, 0.3) is 0 Å². The largest absolute Gasteiger partial charge is 0.465 e. The van der Waals surface area contributed by atoms with Crippen molar-refractivity contribution in [3.8, 4) is 0 Å². The molecule has 0 aliphatic carbocycles. The van der Waals surface area contributed by atoms with Crippen LogP contribution in [0, 0.1) is 5.41 Å². The molecule has 6 heteroatoms. The van der Waals surface area contributed by atoms with Crippen molar-refractivity contribution < 1.29 is 19.8 Å². The summed E-state index contributed by atoms with van der Waals surface area (Å²) < 4.78 is 0. The van der Waals surface area contributed by atoms with Gasteiger partial charge in [0.1, 0.15) is 0 Å². The summed E-state index contributed by atoms with van der Waals surface area (Å²) in [6.45, 7) is 9.67. The van der Waals surface area contributed by atoms with E-state index in [2.05, 4.69) is 10.6 Å². The Morgan fingerprint density at radius 3 is 2.09 bits per heavy atom. The molecule has 0 heterocycles.